The van der Waals surface area contributed by atoms with Gasteiger partial charge in [-0.2, -0.15) is 0 Å². The Kier molecular flexibility index (Phi) is 4.00. The minimum absolute atomic E-state index is 0.285. The number of benzene rings is 1. The molecule has 0 aromatic heterocycles. The summed E-state index contributed by atoms with van der Waals surface area (Å²) in [6, 6.07) is 6.37. The Bertz CT molecular complexity index is 357. The van der Waals surface area contributed by atoms with E-state index in [4.69, 9.17) is 4.74 Å². The quantitative estimate of drug-likeness (QED) is 0.925. The fourth-order valence-electron chi connectivity index (χ4n) is 2.15. The summed E-state index contributed by atoms with van der Waals surface area (Å²) in [6.07, 6.45) is 1.53. The van der Waals surface area contributed by atoms with Gasteiger partial charge in [-0.25, -0.2) is 0 Å². The number of aliphatic hydroxyl groups excluding tert-OH is 1. The molecular weight excluding hydrogens is 268 g/mol. The van der Waals surface area contributed by atoms with Crippen molar-refractivity contribution in [3.8, 4) is 0 Å². The zero-order valence-electron chi connectivity index (χ0n) is 9.45. The molecule has 1 aliphatic heterocycles. The predicted molar refractivity (Wildman–Crippen MR) is 67.7 cm³/mol. The second-order valence-electron chi connectivity index (χ2n) is 4.47. The SMILES string of the molecule is CC(O)Cc1ccc(C2CCOC2)c(Br)c1. The molecule has 1 saturated heterocycles. The molecule has 2 rings (SSSR count). The van der Waals surface area contributed by atoms with Crippen molar-refractivity contribution in [3.05, 3.63) is 33.8 Å². The Labute approximate surface area is 105 Å². The molecule has 1 fully saturated rings. The second-order valence-corrected chi connectivity index (χ2v) is 5.32. The monoisotopic (exact) mass is 284 g/mol. The van der Waals surface area contributed by atoms with Crippen LogP contribution in [-0.2, 0) is 11.2 Å². The smallest absolute Gasteiger partial charge is 0.0552 e. The molecule has 0 amide bonds. The minimum atomic E-state index is -0.285. The Morgan fingerprint density at radius 3 is 2.94 bits per heavy atom. The van der Waals surface area contributed by atoms with Crippen LogP contribution in [0.1, 0.15) is 30.4 Å². The third-order valence-electron chi connectivity index (χ3n) is 2.97. The van der Waals surface area contributed by atoms with Gasteiger partial charge in [0.15, 0.2) is 0 Å². The molecule has 1 aliphatic rings. The molecule has 16 heavy (non-hydrogen) atoms. The summed E-state index contributed by atoms with van der Waals surface area (Å²) in [6.45, 7) is 3.51. The van der Waals surface area contributed by atoms with E-state index in [1.807, 2.05) is 6.92 Å². The lowest BCUT2D eigenvalue weighted by molar-refractivity contribution is 0.193. The number of halogens is 1. The van der Waals surface area contributed by atoms with E-state index in [9.17, 15) is 5.11 Å². The fourth-order valence-corrected chi connectivity index (χ4v) is 2.90. The molecule has 2 atom stereocenters. The lowest BCUT2D eigenvalue weighted by Crippen LogP contribution is -2.05. The Morgan fingerprint density at radius 2 is 2.38 bits per heavy atom. The van der Waals surface area contributed by atoms with Crippen LogP contribution in [0.25, 0.3) is 0 Å². The average molecular weight is 285 g/mol. The maximum absolute atomic E-state index is 9.34. The number of hydrogen-bond acceptors (Lipinski definition) is 2. The number of rotatable bonds is 3. The molecule has 0 spiro atoms. The lowest BCUT2D eigenvalue weighted by atomic mass is 9.96. The van der Waals surface area contributed by atoms with Crippen LogP contribution in [0.15, 0.2) is 22.7 Å². The minimum Gasteiger partial charge on any atom is -0.393 e. The van der Waals surface area contributed by atoms with Crippen LogP contribution in [0.5, 0.6) is 0 Å². The molecule has 88 valence electrons. The number of aliphatic hydroxyl groups is 1. The van der Waals surface area contributed by atoms with Crippen molar-refractivity contribution in [3.63, 3.8) is 0 Å². The van der Waals surface area contributed by atoms with Crippen LogP contribution in [-0.4, -0.2) is 24.4 Å². The molecule has 3 heteroatoms. The van der Waals surface area contributed by atoms with E-state index in [0.717, 1.165) is 24.1 Å². The predicted octanol–water partition coefficient (Wildman–Crippen LogP) is 2.88. The Balaban J connectivity index is 2.15. The maximum Gasteiger partial charge on any atom is 0.0552 e. The molecule has 2 unspecified atom stereocenters. The van der Waals surface area contributed by atoms with Gasteiger partial charge in [0.1, 0.15) is 0 Å². The van der Waals surface area contributed by atoms with Gasteiger partial charge < -0.3 is 9.84 Å². The fraction of sp³-hybridized carbons (Fsp3) is 0.538. The Morgan fingerprint density at radius 1 is 1.56 bits per heavy atom. The zero-order chi connectivity index (χ0) is 11.5. The summed E-state index contributed by atoms with van der Waals surface area (Å²) in [4.78, 5) is 0. The first kappa shape index (κ1) is 12.1. The highest BCUT2D eigenvalue weighted by atomic mass is 79.9. The summed E-state index contributed by atoms with van der Waals surface area (Å²) in [5.74, 6) is 0.523. The third kappa shape index (κ3) is 2.84. The van der Waals surface area contributed by atoms with Crippen molar-refractivity contribution in [1.82, 2.24) is 0 Å². The van der Waals surface area contributed by atoms with Crippen molar-refractivity contribution in [2.45, 2.75) is 31.8 Å². The highest BCUT2D eigenvalue weighted by molar-refractivity contribution is 9.10. The zero-order valence-corrected chi connectivity index (χ0v) is 11.0. The summed E-state index contributed by atoms with van der Waals surface area (Å²) in [7, 11) is 0. The van der Waals surface area contributed by atoms with Crippen molar-refractivity contribution >= 4 is 15.9 Å². The molecule has 2 nitrogen and oxygen atoms in total. The van der Waals surface area contributed by atoms with Crippen molar-refractivity contribution in [2.24, 2.45) is 0 Å². The van der Waals surface area contributed by atoms with E-state index in [0.29, 0.717) is 12.3 Å². The van der Waals surface area contributed by atoms with Crippen molar-refractivity contribution in [2.75, 3.05) is 13.2 Å². The average Bonchev–Trinajstić information content (AvgIpc) is 2.69. The van der Waals surface area contributed by atoms with Gasteiger partial charge in [0, 0.05) is 17.0 Å². The van der Waals surface area contributed by atoms with E-state index in [2.05, 4.69) is 34.1 Å². The van der Waals surface area contributed by atoms with E-state index in [1.54, 1.807) is 0 Å². The molecule has 1 heterocycles. The molecule has 0 saturated carbocycles. The van der Waals surface area contributed by atoms with Crippen LogP contribution in [0.4, 0.5) is 0 Å². The van der Waals surface area contributed by atoms with Gasteiger partial charge in [-0.1, -0.05) is 28.1 Å². The largest absolute Gasteiger partial charge is 0.393 e. The van der Waals surface area contributed by atoms with Gasteiger partial charge in [0.25, 0.3) is 0 Å². The third-order valence-corrected chi connectivity index (χ3v) is 3.65. The van der Waals surface area contributed by atoms with Crippen LogP contribution < -0.4 is 0 Å². The maximum atomic E-state index is 9.34. The van der Waals surface area contributed by atoms with Gasteiger partial charge in [-0.3, -0.25) is 0 Å². The van der Waals surface area contributed by atoms with Gasteiger partial charge in [-0.15, -0.1) is 0 Å². The van der Waals surface area contributed by atoms with E-state index in [-0.39, 0.29) is 6.10 Å². The first-order valence-corrected chi connectivity index (χ1v) is 6.50. The molecule has 1 aromatic rings. The molecule has 0 radical (unpaired) electrons. The topological polar surface area (TPSA) is 29.5 Å². The van der Waals surface area contributed by atoms with Crippen LogP contribution in [0.3, 0.4) is 0 Å². The Hall–Kier alpha value is -0.380. The van der Waals surface area contributed by atoms with Crippen molar-refractivity contribution in [1.29, 1.82) is 0 Å². The van der Waals surface area contributed by atoms with Gasteiger partial charge >= 0.3 is 0 Å². The summed E-state index contributed by atoms with van der Waals surface area (Å²) in [5, 5.41) is 9.34. The number of hydrogen-bond donors (Lipinski definition) is 1. The van der Waals surface area contributed by atoms with Gasteiger partial charge in [0.05, 0.1) is 12.7 Å². The van der Waals surface area contributed by atoms with Gasteiger partial charge in [-0.05, 0) is 37.0 Å². The van der Waals surface area contributed by atoms with E-state index in [1.165, 1.54) is 11.1 Å². The van der Waals surface area contributed by atoms with Crippen LogP contribution in [0.2, 0.25) is 0 Å². The van der Waals surface area contributed by atoms with E-state index >= 15 is 0 Å². The van der Waals surface area contributed by atoms with Crippen LogP contribution in [0, 0.1) is 0 Å². The van der Waals surface area contributed by atoms with E-state index < -0.39 is 0 Å². The normalized spacial score (nSPS) is 22.3. The summed E-state index contributed by atoms with van der Waals surface area (Å²) in [5.41, 5.74) is 2.50. The van der Waals surface area contributed by atoms with Gasteiger partial charge in [0.2, 0.25) is 0 Å². The van der Waals surface area contributed by atoms with Crippen LogP contribution >= 0.6 is 15.9 Å². The highest BCUT2D eigenvalue weighted by Gasteiger charge is 2.19. The standard InChI is InChI=1S/C13H17BrO2/c1-9(15)6-10-2-3-12(13(14)7-10)11-4-5-16-8-11/h2-3,7,9,11,15H,4-6,8H2,1H3. The van der Waals surface area contributed by atoms with Crippen molar-refractivity contribution < 1.29 is 9.84 Å². The first-order chi connectivity index (χ1) is 7.66. The highest BCUT2D eigenvalue weighted by Crippen LogP contribution is 2.31. The molecule has 1 N–H and O–H groups in total. The molecule has 0 aliphatic carbocycles. The lowest BCUT2D eigenvalue weighted by Gasteiger charge is -2.12. The first-order valence-electron chi connectivity index (χ1n) is 5.71. The molecule has 1 aromatic carbocycles. The number of ether oxygens (including phenoxy) is 1. The molecule has 0 bridgehead atoms. The summed E-state index contributed by atoms with van der Waals surface area (Å²) >= 11 is 3.61. The second kappa shape index (κ2) is 5.30. The molecular formula is C13H17BrO2. The summed E-state index contributed by atoms with van der Waals surface area (Å²) < 4.78 is 6.54.